The number of carbonyl (C=O) groups excluding carboxylic acids is 1. The molecule has 1 aromatic rings. The molecular formula is C19H24N2OS. The summed E-state index contributed by atoms with van der Waals surface area (Å²) in [6.07, 6.45) is 11.8. The van der Waals surface area contributed by atoms with Gasteiger partial charge in [0.25, 0.3) is 0 Å². The van der Waals surface area contributed by atoms with Crippen molar-refractivity contribution in [3.63, 3.8) is 0 Å². The lowest BCUT2D eigenvalue weighted by Gasteiger charge is -2.20. The fourth-order valence-electron chi connectivity index (χ4n) is 4.90. The highest BCUT2D eigenvalue weighted by Gasteiger charge is 2.43. The van der Waals surface area contributed by atoms with Gasteiger partial charge < -0.3 is 5.32 Å². The average Bonchev–Trinajstić information content (AvgIpc) is 3.22. The number of thiophene rings is 1. The third-order valence-corrected chi connectivity index (χ3v) is 7.30. The van der Waals surface area contributed by atoms with E-state index in [9.17, 15) is 10.1 Å². The fraction of sp³-hybridized carbons (Fsp3) is 0.684. The van der Waals surface area contributed by atoms with Crippen LogP contribution in [-0.2, 0) is 17.6 Å². The van der Waals surface area contributed by atoms with E-state index in [1.54, 1.807) is 11.3 Å². The molecule has 4 heteroatoms. The lowest BCUT2D eigenvalue weighted by molar-refractivity contribution is -0.121. The number of fused-ring (bicyclic) bond motifs is 3. The van der Waals surface area contributed by atoms with Gasteiger partial charge in [-0.25, -0.2) is 0 Å². The van der Waals surface area contributed by atoms with E-state index < -0.39 is 0 Å². The summed E-state index contributed by atoms with van der Waals surface area (Å²) in [5, 5.41) is 13.6. The van der Waals surface area contributed by atoms with Crippen molar-refractivity contribution in [2.75, 3.05) is 5.32 Å². The summed E-state index contributed by atoms with van der Waals surface area (Å²) < 4.78 is 0. The Labute approximate surface area is 142 Å². The molecule has 2 fully saturated rings. The Morgan fingerprint density at radius 1 is 1.13 bits per heavy atom. The molecule has 1 amide bonds. The van der Waals surface area contributed by atoms with E-state index in [1.165, 1.54) is 49.0 Å². The summed E-state index contributed by atoms with van der Waals surface area (Å²) in [5.74, 6) is 1.72. The maximum atomic E-state index is 12.7. The van der Waals surface area contributed by atoms with Crippen molar-refractivity contribution in [3.8, 4) is 6.07 Å². The fourth-order valence-corrected chi connectivity index (χ4v) is 6.14. The van der Waals surface area contributed by atoms with Gasteiger partial charge in [0, 0.05) is 10.8 Å². The average molecular weight is 328 g/mol. The molecule has 3 nitrogen and oxygen atoms in total. The van der Waals surface area contributed by atoms with Crippen molar-refractivity contribution in [1.82, 2.24) is 0 Å². The number of hydrogen-bond donors (Lipinski definition) is 1. The van der Waals surface area contributed by atoms with Gasteiger partial charge in [-0.3, -0.25) is 4.79 Å². The highest BCUT2D eigenvalue weighted by Crippen LogP contribution is 2.49. The molecule has 1 aromatic heterocycles. The second-order valence-corrected chi connectivity index (χ2v) is 8.61. The van der Waals surface area contributed by atoms with Crippen LogP contribution >= 0.6 is 11.3 Å². The van der Waals surface area contributed by atoms with Crippen LogP contribution in [0.2, 0.25) is 0 Å². The molecule has 0 aliphatic heterocycles. The van der Waals surface area contributed by atoms with Crippen LogP contribution in [0.3, 0.4) is 0 Å². The maximum Gasteiger partial charge on any atom is 0.228 e. The first-order valence-electron chi connectivity index (χ1n) is 9.11. The number of amides is 1. The molecule has 2 saturated carbocycles. The van der Waals surface area contributed by atoms with Gasteiger partial charge in [0.2, 0.25) is 5.91 Å². The number of rotatable bonds is 2. The van der Waals surface area contributed by atoms with Crippen LogP contribution < -0.4 is 5.32 Å². The Morgan fingerprint density at radius 3 is 2.65 bits per heavy atom. The minimum atomic E-state index is 0.169. The van der Waals surface area contributed by atoms with Crippen molar-refractivity contribution in [2.24, 2.45) is 17.8 Å². The summed E-state index contributed by atoms with van der Waals surface area (Å²) in [5.41, 5.74) is 1.98. The second-order valence-electron chi connectivity index (χ2n) is 7.50. The van der Waals surface area contributed by atoms with Crippen molar-refractivity contribution < 1.29 is 4.79 Å². The molecule has 3 aliphatic carbocycles. The molecule has 3 aliphatic rings. The number of aryl methyl sites for hydroxylation is 1. The van der Waals surface area contributed by atoms with E-state index >= 15 is 0 Å². The van der Waals surface area contributed by atoms with Crippen LogP contribution in [0.1, 0.15) is 67.4 Å². The molecule has 122 valence electrons. The number of nitrogens with zero attached hydrogens (tertiary/aromatic N) is 1. The van der Waals surface area contributed by atoms with Crippen LogP contribution in [-0.4, -0.2) is 5.91 Å². The zero-order valence-electron chi connectivity index (χ0n) is 13.6. The third kappa shape index (κ3) is 2.80. The summed E-state index contributed by atoms with van der Waals surface area (Å²) in [6.45, 7) is 0. The van der Waals surface area contributed by atoms with Gasteiger partial charge in [-0.15, -0.1) is 11.3 Å². The van der Waals surface area contributed by atoms with Gasteiger partial charge >= 0.3 is 0 Å². The minimum Gasteiger partial charge on any atom is -0.316 e. The Balaban J connectivity index is 1.55. The van der Waals surface area contributed by atoms with Gasteiger partial charge in [0.15, 0.2) is 0 Å². The number of hydrogen-bond acceptors (Lipinski definition) is 3. The van der Waals surface area contributed by atoms with Crippen molar-refractivity contribution in [1.29, 1.82) is 5.26 Å². The maximum absolute atomic E-state index is 12.7. The van der Waals surface area contributed by atoms with E-state index in [0.29, 0.717) is 5.92 Å². The van der Waals surface area contributed by atoms with Gasteiger partial charge in [0.05, 0.1) is 5.56 Å². The summed E-state index contributed by atoms with van der Waals surface area (Å²) in [4.78, 5) is 14.0. The normalized spacial score (nSPS) is 29.4. The van der Waals surface area contributed by atoms with E-state index in [1.807, 2.05) is 0 Å². The molecule has 1 heterocycles. The first-order chi connectivity index (χ1) is 11.3. The summed E-state index contributed by atoms with van der Waals surface area (Å²) in [6, 6.07) is 2.38. The molecular weight excluding hydrogens is 304 g/mol. The van der Waals surface area contributed by atoms with Crippen LogP contribution in [0.4, 0.5) is 5.00 Å². The molecule has 4 rings (SSSR count). The number of anilines is 1. The molecule has 2 bridgehead atoms. The molecule has 0 spiro atoms. The van der Waals surface area contributed by atoms with Crippen LogP contribution in [0.5, 0.6) is 0 Å². The minimum absolute atomic E-state index is 0.169. The topological polar surface area (TPSA) is 52.9 Å². The Bertz CT molecular complexity index is 657. The number of nitrogens with one attached hydrogen (secondary N) is 1. The second kappa shape index (κ2) is 6.28. The Kier molecular flexibility index (Phi) is 4.15. The van der Waals surface area contributed by atoms with Crippen LogP contribution in [0, 0.1) is 29.1 Å². The van der Waals surface area contributed by atoms with E-state index in [-0.39, 0.29) is 11.8 Å². The van der Waals surface area contributed by atoms with E-state index in [0.717, 1.165) is 42.2 Å². The largest absolute Gasteiger partial charge is 0.316 e. The van der Waals surface area contributed by atoms with E-state index in [2.05, 4.69) is 11.4 Å². The lowest BCUT2D eigenvalue weighted by Crippen LogP contribution is -2.27. The van der Waals surface area contributed by atoms with Gasteiger partial charge in [-0.1, -0.05) is 19.3 Å². The number of carbonyl (C=O) groups is 1. The first kappa shape index (κ1) is 15.2. The third-order valence-electron chi connectivity index (χ3n) is 6.09. The standard InChI is InChI=1S/C19H24N2OS/c20-11-16-14-5-3-1-2-4-6-17(14)23-19(16)21-18(22)15-10-12-7-8-13(15)9-12/h12-13,15H,1-10H2,(H,21,22)/t12-,13-,15+/m0/s1. The summed E-state index contributed by atoms with van der Waals surface area (Å²) in [7, 11) is 0. The van der Waals surface area contributed by atoms with Crippen molar-refractivity contribution >= 4 is 22.2 Å². The molecule has 0 saturated heterocycles. The SMILES string of the molecule is N#Cc1c(NC(=O)[C@@H]2C[C@H]3CC[C@H]2C3)sc2c1CCCCCC2. The van der Waals surface area contributed by atoms with Gasteiger partial charge in [-0.2, -0.15) is 5.26 Å². The Morgan fingerprint density at radius 2 is 1.96 bits per heavy atom. The molecule has 1 N–H and O–H groups in total. The van der Waals surface area contributed by atoms with Crippen molar-refractivity contribution in [2.45, 2.75) is 64.2 Å². The molecule has 0 aromatic carbocycles. The Hall–Kier alpha value is -1.34. The van der Waals surface area contributed by atoms with Crippen molar-refractivity contribution in [3.05, 3.63) is 16.0 Å². The van der Waals surface area contributed by atoms with Crippen LogP contribution in [0.25, 0.3) is 0 Å². The highest BCUT2D eigenvalue weighted by molar-refractivity contribution is 7.16. The van der Waals surface area contributed by atoms with E-state index in [4.69, 9.17) is 0 Å². The molecule has 0 unspecified atom stereocenters. The molecule has 3 atom stereocenters. The predicted octanol–water partition coefficient (Wildman–Crippen LogP) is 4.65. The highest BCUT2D eigenvalue weighted by atomic mass is 32.1. The lowest BCUT2D eigenvalue weighted by atomic mass is 9.88. The zero-order valence-corrected chi connectivity index (χ0v) is 14.4. The quantitative estimate of drug-likeness (QED) is 0.859. The van der Waals surface area contributed by atoms with Gasteiger partial charge in [0.1, 0.15) is 11.1 Å². The summed E-state index contributed by atoms with van der Waals surface area (Å²) >= 11 is 1.66. The monoisotopic (exact) mass is 328 g/mol. The zero-order chi connectivity index (χ0) is 15.8. The molecule has 23 heavy (non-hydrogen) atoms. The molecule has 0 radical (unpaired) electrons. The first-order valence-corrected chi connectivity index (χ1v) is 9.93. The van der Waals surface area contributed by atoms with Gasteiger partial charge in [-0.05, 0) is 62.3 Å². The van der Waals surface area contributed by atoms with Crippen LogP contribution in [0.15, 0.2) is 0 Å². The smallest absolute Gasteiger partial charge is 0.228 e. The number of nitriles is 1. The predicted molar refractivity (Wildman–Crippen MR) is 92.5 cm³/mol.